The van der Waals surface area contributed by atoms with Crippen molar-refractivity contribution in [2.75, 3.05) is 156 Å². The summed E-state index contributed by atoms with van der Waals surface area (Å²) in [7, 11) is 4.83. The number of pyridine rings is 2. The van der Waals surface area contributed by atoms with Crippen LogP contribution in [0.25, 0.3) is 38.8 Å². The monoisotopic (exact) mass is 1910 g/mol. The predicted molar refractivity (Wildman–Crippen MR) is 513 cm³/mol. The first-order chi connectivity index (χ1) is 66.3. The normalized spacial score (nSPS) is 24.5. The van der Waals surface area contributed by atoms with Crippen molar-refractivity contribution in [3.8, 4) is 22.7 Å². The second-order valence-electron chi connectivity index (χ2n) is 35.8. The number of aromatic nitrogens is 6. The molecule has 1 aliphatic carbocycles. The van der Waals surface area contributed by atoms with Gasteiger partial charge in [-0.2, -0.15) is 18.3 Å². The molecule has 2 amide bonds. The zero-order valence-electron chi connectivity index (χ0n) is 80.4. The molecule has 8 heterocycles. The zero-order valence-corrected chi connectivity index (χ0v) is 80.4. The number of carbonyl (C=O) groups is 6. The van der Waals surface area contributed by atoms with E-state index in [1.165, 1.54) is 34.9 Å². The Kier molecular flexibility index (Phi) is 43.3. The van der Waals surface area contributed by atoms with E-state index in [0.29, 0.717) is 227 Å². The van der Waals surface area contributed by atoms with Crippen molar-refractivity contribution in [3.63, 3.8) is 0 Å². The fourth-order valence-electron chi connectivity index (χ4n) is 17.9. The Hall–Kier alpha value is -10.4. The first-order valence-electron chi connectivity index (χ1n) is 48.2. The van der Waals surface area contributed by atoms with E-state index in [4.69, 9.17) is 62.7 Å². The summed E-state index contributed by atoms with van der Waals surface area (Å²) in [5, 5.41) is 18.6. The van der Waals surface area contributed by atoms with Crippen molar-refractivity contribution in [2.24, 2.45) is 39.6 Å². The zero-order chi connectivity index (χ0) is 97.6. The summed E-state index contributed by atoms with van der Waals surface area (Å²) >= 11 is 0. The molecule has 748 valence electrons. The highest BCUT2D eigenvalue weighted by atomic mass is 19.4. The number of unbranched alkanes of at least 4 members (excludes halogenated alkanes) is 1. The topological polar surface area (TPSA) is 395 Å². The van der Waals surface area contributed by atoms with Gasteiger partial charge < -0.3 is 92.8 Å². The minimum Gasteiger partial charge on any atom is -0.481 e. The largest absolute Gasteiger partial charge is 0.481 e. The van der Waals surface area contributed by atoms with Crippen LogP contribution in [0.1, 0.15) is 168 Å². The third kappa shape index (κ3) is 32.9. The predicted octanol–water partition coefficient (Wildman–Crippen LogP) is 12.5. The lowest BCUT2D eigenvalue weighted by atomic mass is 9.81. The number of fused-ring (bicyclic) bond motifs is 6. The number of Topliss-reactive ketones (excluding diaryl/α,β-unsaturated/α-hetero) is 3. The lowest BCUT2D eigenvalue weighted by Crippen LogP contribution is -2.54. The number of ketones is 3. The maximum absolute atomic E-state index is 15.0. The van der Waals surface area contributed by atoms with E-state index >= 15 is 13.2 Å². The van der Waals surface area contributed by atoms with E-state index in [2.05, 4.69) is 40.3 Å². The maximum Gasteiger partial charge on any atom is 0.418 e. The van der Waals surface area contributed by atoms with Gasteiger partial charge in [-0.3, -0.25) is 38.5 Å². The molecule has 5 N–H and O–H groups in total. The van der Waals surface area contributed by atoms with E-state index < -0.39 is 65.4 Å². The van der Waals surface area contributed by atoms with Crippen LogP contribution in [-0.2, 0) is 93.6 Å². The van der Waals surface area contributed by atoms with Crippen molar-refractivity contribution in [3.05, 3.63) is 143 Å². The smallest absolute Gasteiger partial charge is 0.418 e. The number of methoxy groups -OCH3 is 3. The Bertz CT molecular complexity index is 5120. The van der Waals surface area contributed by atoms with Crippen LogP contribution in [0.2, 0.25) is 0 Å². The molecule has 3 saturated heterocycles. The van der Waals surface area contributed by atoms with Gasteiger partial charge in [0.1, 0.15) is 29.8 Å². The number of amides is 2. The summed E-state index contributed by atoms with van der Waals surface area (Å²) in [6, 6.07) is 12.0. The molecular formula is C101H138F3N13O20. The minimum absolute atomic E-state index is 0.0115. The number of nitrogens with two attached hydrogens (primary N) is 1. The molecule has 0 radical (unpaired) electrons. The van der Waals surface area contributed by atoms with E-state index in [1.807, 2.05) is 74.3 Å². The molecule has 33 nitrogen and oxygen atoms in total. The molecule has 11 rings (SSSR count). The average molecular weight is 1910 g/mol. The molecular weight excluding hydrogens is 1770 g/mol. The third-order valence-corrected chi connectivity index (χ3v) is 25.8. The van der Waals surface area contributed by atoms with Gasteiger partial charge in [0.2, 0.25) is 23.5 Å². The number of rotatable bonds is 40. The van der Waals surface area contributed by atoms with Crippen LogP contribution in [0.5, 0.6) is 5.88 Å². The standard InChI is InChI=1S/C101H138F3N13O20/c1-67-17-10-9-11-18-68(2)91(126-6)59-78-20-16-22-90(136-78)96(122)97(123)116-35-14-12-21-85(116)98(124)137-79(58-86(118)70(4)54-71(5)88(120)60-87(119)69(3)53-67)28-23-72-24-31-89(92(55-72)127-7)135-40-15-13-19-76(113-105)65-106-34-42-130-44-46-132-48-50-134-52-51-133-49-47-131-45-43-129-41-33-93(121)108-61-73-62-110-99(111-63-73)115-38-36-114(37-39-115)84-30-27-77(57-81(84)101(102,103)104)117-95-80-56-74(75-26-32-94(128-8)109-64-75)25-29-82(80)107-66-83(95)112-100(117)125/h9-11,17-18,25-27,29-30,32,54,56-57,62-67,69-70,72,78-79,85,88-92,120H,12-16,19-24,28,31,33-53,55,58-61,105H2,1-8H3,(H,108,121)(H,112,125)/b11-9+,17-10+,68-18+,71-54+,106-65?,113-76?/t67-,69-,70-,72-,78?,79-,85+,88+,89-,90?,91+,92-/m1/s1. The molecule has 4 fully saturated rings. The summed E-state index contributed by atoms with van der Waals surface area (Å²) in [4.78, 5) is 127. The molecule has 12 atom stereocenters. The fraction of sp³-hybridized carbons (Fsp3) is 0.594. The average Bonchev–Trinajstić information content (AvgIpc) is 1.60. The summed E-state index contributed by atoms with van der Waals surface area (Å²) in [6.45, 7) is 16.1. The lowest BCUT2D eigenvalue weighted by Gasteiger charge is -2.37. The number of hydrogen-bond acceptors (Lipinski definition) is 29. The fourth-order valence-corrected chi connectivity index (χ4v) is 17.9. The van der Waals surface area contributed by atoms with Gasteiger partial charge in [0.15, 0.2) is 0 Å². The van der Waals surface area contributed by atoms with Gasteiger partial charge in [-0.25, -0.2) is 24.5 Å². The van der Waals surface area contributed by atoms with E-state index in [9.17, 15) is 38.7 Å². The number of piperidine rings is 1. The number of cyclic esters (lactones) is 1. The Morgan fingerprint density at radius 1 is 0.672 bits per heavy atom. The first kappa shape index (κ1) is 107. The Morgan fingerprint density at radius 2 is 1.38 bits per heavy atom. The number of piperazine rings is 1. The molecule has 4 aromatic heterocycles. The number of aliphatic imine (C=N–C) groups is 1. The van der Waals surface area contributed by atoms with Crippen LogP contribution in [0.15, 0.2) is 136 Å². The quantitative estimate of drug-likeness (QED) is 0.00528. The van der Waals surface area contributed by atoms with Crippen LogP contribution in [-0.4, -0.2) is 282 Å². The number of H-pyrrole nitrogens is 1. The summed E-state index contributed by atoms with van der Waals surface area (Å²) in [5.41, 5.74) is 4.16. The minimum atomic E-state index is -4.75. The molecule has 4 aliphatic heterocycles. The number of nitrogens with zero attached hydrogens (tertiary/aromatic N) is 10. The Morgan fingerprint density at radius 3 is 2.07 bits per heavy atom. The van der Waals surface area contributed by atoms with E-state index in [1.54, 1.807) is 76.0 Å². The highest BCUT2D eigenvalue weighted by Gasteiger charge is 2.43. The van der Waals surface area contributed by atoms with Gasteiger partial charge in [-0.05, 0) is 175 Å². The van der Waals surface area contributed by atoms with Crippen LogP contribution in [0, 0.1) is 23.7 Å². The van der Waals surface area contributed by atoms with Gasteiger partial charge >= 0.3 is 17.8 Å². The summed E-state index contributed by atoms with van der Waals surface area (Å²) < 4.78 is 116. The molecule has 5 aliphatic rings. The first-order valence-corrected chi connectivity index (χ1v) is 48.2. The van der Waals surface area contributed by atoms with Gasteiger partial charge in [0.05, 0.1) is 163 Å². The van der Waals surface area contributed by atoms with Gasteiger partial charge in [-0.1, -0.05) is 63.3 Å². The molecule has 2 aromatic carbocycles. The maximum atomic E-state index is 15.0. The number of ether oxygens (including phenoxy) is 12. The third-order valence-electron chi connectivity index (χ3n) is 25.8. The van der Waals surface area contributed by atoms with Crippen molar-refractivity contribution in [1.29, 1.82) is 0 Å². The Labute approximate surface area is 799 Å². The number of hydrogen-bond donors (Lipinski definition) is 4. The number of carbonyl (C=O) groups excluding carboxylic acids is 6. The SMILES string of the molecule is COc1ccc(-c2ccc3ncc4[nH]c(=O)n(-c5ccc(N6CCN(c7ncc(CNC(=O)CCOCCOCCOCCOCCOCCOCCN=CC(CCCCO[C@@H]8CC[C@@H](CC[C@@H]9CC(=O)[C@H](C)/C=C(\C)[C@@H](O)CC(=O)[C@H](C)C[C@H](C)/C=C/C=C/C=C(\C)[C@@H](OC)CC%10CCCC(O%10)C(=O)C(=O)N%10CCCC[C@H]%10C(=O)O9)C[C@H]8OC)=NN)cn7)CC6)c(C(F)(F)F)c5)c4c3c2)cn1. The number of allylic oxidation sites excluding steroid dienone is 6. The molecule has 36 heteroatoms. The second kappa shape index (κ2) is 55.4. The molecule has 0 spiro atoms. The Balaban J connectivity index is 0.498. The molecule has 1 saturated carbocycles. The number of esters is 1. The number of nitrogens with one attached hydrogen (secondary N) is 2. The lowest BCUT2D eigenvalue weighted by molar-refractivity contribution is -0.167. The number of benzene rings is 2. The number of anilines is 2. The number of aliphatic hydroxyl groups is 1. The van der Waals surface area contributed by atoms with Crippen LogP contribution in [0.4, 0.5) is 24.8 Å². The summed E-state index contributed by atoms with van der Waals surface area (Å²) in [6.07, 6.45) is 20.6. The van der Waals surface area contributed by atoms with Crippen molar-refractivity contribution in [2.45, 2.75) is 218 Å². The number of aliphatic hydroxyl groups excluding tert-OH is 1. The number of aromatic amines is 1. The highest BCUT2D eigenvalue weighted by Crippen LogP contribution is 2.41. The number of imidazole rings is 1. The number of halogens is 3. The van der Waals surface area contributed by atoms with Crippen molar-refractivity contribution >= 4 is 80.6 Å². The van der Waals surface area contributed by atoms with Crippen LogP contribution >= 0.6 is 0 Å². The van der Waals surface area contributed by atoms with Gasteiger partial charge in [-0.15, -0.1) is 0 Å². The molecule has 137 heavy (non-hydrogen) atoms. The molecule has 2 bridgehead atoms. The number of alkyl halides is 3. The molecule has 2 unspecified atom stereocenters. The second-order valence-corrected chi connectivity index (χ2v) is 35.8. The van der Waals surface area contributed by atoms with Crippen molar-refractivity contribution in [1.82, 2.24) is 39.7 Å². The van der Waals surface area contributed by atoms with Gasteiger partial charge in [0, 0.05) is 151 Å². The summed E-state index contributed by atoms with van der Waals surface area (Å²) in [5.74, 6) is 3.22. The highest BCUT2D eigenvalue weighted by molar-refractivity contribution is 6.38. The molecule has 6 aromatic rings. The van der Waals surface area contributed by atoms with E-state index in [-0.39, 0.29) is 123 Å². The number of hydrazone groups is 1. The van der Waals surface area contributed by atoms with Crippen LogP contribution < -0.4 is 31.4 Å². The van der Waals surface area contributed by atoms with E-state index in [0.717, 1.165) is 48.4 Å². The van der Waals surface area contributed by atoms with Gasteiger partial charge in [0.25, 0.3) is 5.91 Å². The van der Waals surface area contributed by atoms with Crippen LogP contribution in [0.3, 0.4) is 0 Å². The van der Waals surface area contributed by atoms with Crippen molar-refractivity contribution < 1.29 is 104 Å².